The lowest BCUT2D eigenvalue weighted by atomic mass is 10.2. The van der Waals surface area contributed by atoms with Gasteiger partial charge in [0.2, 0.25) is 10.0 Å². The Morgan fingerprint density at radius 2 is 1.95 bits per heavy atom. The molecular formula is C12H13Cl2NO3S2. The van der Waals surface area contributed by atoms with Crippen molar-refractivity contribution < 1.29 is 13.5 Å². The van der Waals surface area contributed by atoms with Crippen molar-refractivity contribution in [2.24, 2.45) is 0 Å². The van der Waals surface area contributed by atoms with Crippen LogP contribution >= 0.6 is 35.0 Å². The van der Waals surface area contributed by atoms with E-state index in [1.807, 2.05) is 6.26 Å². The van der Waals surface area contributed by atoms with Crippen molar-refractivity contribution >= 4 is 45.0 Å². The van der Waals surface area contributed by atoms with Crippen molar-refractivity contribution in [1.29, 1.82) is 0 Å². The molecule has 4 nitrogen and oxygen atoms in total. The first-order valence-electron chi connectivity index (χ1n) is 5.49. The van der Waals surface area contributed by atoms with Crippen LogP contribution in [0.15, 0.2) is 17.0 Å². The molecule has 0 heterocycles. The van der Waals surface area contributed by atoms with Gasteiger partial charge in [0, 0.05) is 17.9 Å². The molecule has 0 atom stereocenters. The minimum absolute atomic E-state index is 0.00334. The van der Waals surface area contributed by atoms with Gasteiger partial charge in [-0.15, -0.1) is 0 Å². The van der Waals surface area contributed by atoms with E-state index in [0.717, 1.165) is 0 Å². The quantitative estimate of drug-likeness (QED) is 0.627. The summed E-state index contributed by atoms with van der Waals surface area (Å²) in [5.74, 6) is 5.71. The molecule has 1 aromatic carbocycles. The van der Waals surface area contributed by atoms with Gasteiger partial charge in [0.25, 0.3) is 0 Å². The third-order valence-electron chi connectivity index (χ3n) is 2.18. The number of rotatable bonds is 5. The number of benzene rings is 1. The number of hydrogen-bond donors (Lipinski definition) is 2. The first kappa shape index (κ1) is 17.6. The number of hydrogen-bond acceptors (Lipinski definition) is 4. The molecule has 0 radical (unpaired) electrons. The lowest BCUT2D eigenvalue weighted by molar-refractivity contribution is 0.350. The van der Waals surface area contributed by atoms with Gasteiger partial charge >= 0.3 is 0 Å². The molecule has 0 bridgehead atoms. The van der Waals surface area contributed by atoms with E-state index in [2.05, 4.69) is 16.6 Å². The van der Waals surface area contributed by atoms with Crippen molar-refractivity contribution in [3.8, 4) is 11.8 Å². The largest absolute Gasteiger partial charge is 0.384 e. The Morgan fingerprint density at radius 3 is 2.45 bits per heavy atom. The summed E-state index contributed by atoms with van der Waals surface area (Å²) in [6.07, 6.45) is 1.88. The minimum Gasteiger partial charge on any atom is -0.384 e. The van der Waals surface area contributed by atoms with Crippen molar-refractivity contribution in [2.45, 2.75) is 4.90 Å². The van der Waals surface area contributed by atoms with Crippen LogP contribution < -0.4 is 4.72 Å². The van der Waals surface area contributed by atoms with E-state index in [0.29, 0.717) is 17.9 Å². The van der Waals surface area contributed by atoms with Gasteiger partial charge < -0.3 is 5.11 Å². The fourth-order valence-corrected chi connectivity index (χ4v) is 4.06. The molecule has 0 aliphatic heterocycles. The lowest BCUT2D eigenvalue weighted by Crippen LogP contribution is -2.26. The Labute approximate surface area is 132 Å². The number of halogens is 2. The zero-order chi connectivity index (χ0) is 15.2. The second kappa shape index (κ2) is 8.13. The Hall–Kier alpha value is -0.420. The summed E-state index contributed by atoms with van der Waals surface area (Å²) in [5, 5.41) is 8.62. The molecule has 0 saturated carbocycles. The maximum absolute atomic E-state index is 12.1. The average Bonchev–Trinajstić information content (AvgIpc) is 2.35. The fourth-order valence-electron chi connectivity index (χ4n) is 1.38. The van der Waals surface area contributed by atoms with Crippen molar-refractivity contribution in [1.82, 2.24) is 4.72 Å². The predicted octanol–water partition coefficient (Wildman–Crippen LogP) is 1.98. The van der Waals surface area contributed by atoms with Crippen LogP contribution in [0.1, 0.15) is 5.56 Å². The SMILES string of the molecule is CSCCNS(=O)(=O)c1c(Cl)cc(C#CCO)cc1Cl. The van der Waals surface area contributed by atoms with E-state index in [9.17, 15) is 8.42 Å². The highest BCUT2D eigenvalue weighted by atomic mass is 35.5. The Morgan fingerprint density at radius 1 is 1.35 bits per heavy atom. The van der Waals surface area contributed by atoms with Crippen LogP contribution in [-0.2, 0) is 10.0 Å². The van der Waals surface area contributed by atoms with Crippen molar-refractivity contribution in [3.63, 3.8) is 0 Å². The summed E-state index contributed by atoms with van der Waals surface area (Å²) in [7, 11) is -3.76. The molecule has 0 spiro atoms. The van der Waals surface area contributed by atoms with Gasteiger partial charge in [-0.1, -0.05) is 35.0 Å². The fraction of sp³-hybridized carbons (Fsp3) is 0.333. The average molecular weight is 354 g/mol. The zero-order valence-electron chi connectivity index (χ0n) is 10.6. The van der Waals surface area contributed by atoms with E-state index in [4.69, 9.17) is 28.3 Å². The molecule has 1 rings (SSSR count). The van der Waals surface area contributed by atoms with Crippen LogP contribution in [0.25, 0.3) is 0 Å². The van der Waals surface area contributed by atoms with Gasteiger partial charge in [-0.25, -0.2) is 13.1 Å². The molecule has 2 N–H and O–H groups in total. The molecule has 0 unspecified atom stereocenters. The monoisotopic (exact) mass is 353 g/mol. The van der Waals surface area contributed by atoms with Crippen LogP contribution in [0.2, 0.25) is 10.0 Å². The molecule has 0 fully saturated rings. The molecule has 8 heteroatoms. The smallest absolute Gasteiger partial charge is 0.243 e. The number of thioether (sulfide) groups is 1. The maximum Gasteiger partial charge on any atom is 0.243 e. The summed E-state index contributed by atoms with van der Waals surface area (Å²) in [6.45, 7) is -0.00620. The summed E-state index contributed by atoms with van der Waals surface area (Å²) >= 11 is 13.5. The van der Waals surface area contributed by atoms with Crippen LogP contribution in [0.3, 0.4) is 0 Å². The Bertz CT molecular complexity index is 613. The van der Waals surface area contributed by atoms with Gasteiger partial charge in [0.05, 0.1) is 10.0 Å². The van der Waals surface area contributed by atoms with E-state index < -0.39 is 10.0 Å². The van der Waals surface area contributed by atoms with Gasteiger partial charge in [-0.2, -0.15) is 11.8 Å². The maximum atomic E-state index is 12.1. The normalized spacial score (nSPS) is 11.0. The summed E-state index contributed by atoms with van der Waals surface area (Å²) in [5.41, 5.74) is 0.442. The van der Waals surface area contributed by atoms with E-state index in [-0.39, 0.29) is 21.5 Å². The molecule has 110 valence electrons. The van der Waals surface area contributed by atoms with Crippen LogP contribution in [0, 0.1) is 11.8 Å². The van der Waals surface area contributed by atoms with Crippen molar-refractivity contribution in [2.75, 3.05) is 25.2 Å². The van der Waals surface area contributed by atoms with Gasteiger partial charge in [0.1, 0.15) is 11.5 Å². The third kappa shape index (κ3) is 4.85. The topological polar surface area (TPSA) is 66.4 Å². The Balaban J connectivity index is 3.13. The van der Waals surface area contributed by atoms with Crippen molar-refractivity contribution in [3.05, 3.63) is 27.7 Å². The molecule has 0 aliphatic rings. The lowest BCUT2D eigenvalue weighted by Gasteiger charge is -2.10. The number of aliphatic hydroxyl groups is 1. The second-order valence-corrected chi connectivity index (χ2v) is 7.12. The standard InChI is InChI=1S/C12H13Cl2NO3S2/c1-19-6-4-15-20(17,18)12-10(13)7-9(3-2-5-16)8-11(12)14/h7-8,15-16H,4-6H2,1H3. The highest BCUT2D eigenvalue weighted by Gasteiger charge is 2.21. The Kier molecular flexibility index (Phi) is 7.17. The summed E-state index contributed by atoms with van der Waals surface area (Å²) < 4.78 is 26.6. The van der Waals surface area contributed by atoms with E-state index in [1.165, 1.54) is 23.9 Å². The third-order valence-corrected chi connectivity index (χ3v) is 5.17. The van der Waals surface area contributed by atoms with Gasteiger partial charge in [-0.3, -0.25) is 0 Å². The number of aliphatic hydroxyl groups excluding tert-OH is 1. The highest BCUT2D eigenvalue weighted by molar-refractivity contribution is 7.98. The van der Waals surface area contributed by atoms with E-state index in [1.54, 1.807) is 0 Å². The summed E-state index contributed by atoms with van der Waals surface area (Å²) in [6, 6.07) is 2.80. The highest BCUT2D eigenvalue weighted by Crippen LogP contribution is 2.30. The second-order valence-electron chi connectivity index (χ2n) is 3.62. The first-order valence-corrected chi connectivity index (χ1v) is 9.13. The molecule has 20 heavy (non-hydrogen) atoms. The number of sulfonamides is 1. The van der Waals surface area contributed by atoms with Gasteiger partial charge in [0.15, 0.2) is 0 Å². The summed E-state index contributed by atoms with van der Waals surface area (Å²) in [4.78, 5) is -0.156. The molecule has 0 aromatic heterocycles. The molecule has 0 aliphatic carbocycles. The minimum atomic E-state index is -3.76. The number of nitrogens with one attached hydrogen (secondary N) is 1. The van der Waals surface area contributed by atoms with Crippen LogP contribution in [0.4, 0.5) is 0 Å². The molecule has 0 saturated heterocycles. The van der Waals surface area contributed by atoms with Crippen LogP contribution in [0.5, 0.6) is 0 Å². The van der Waals surface area contributed by atoms with Gasteiger partial charge in [-0.05, 0) is 18.4 Å². The predicted molar refractivity (Wildman–Crippen MR) is 84.0 cm³/mol. The van der Waals surface area contributed by atoms with Crippen LogP contribution in [-0.4, -0.2) is 38.7 Å². The molecule has 0 amide bonds. The molecule has 1 aromatic rings. The van der Waals surface area contributed by atoms with E-state index >= 15 is 0 Å². The zero-order valence-corrected chi connectivity index (χ0v) is 13.8. The molecular weight excluding hydrogens is 341 g/mol. The first-order chi connectivity index (χ1) is 9.42.